The number of hydrogen-bond acceptors (Lipinski definition) is 4. The molecule has 0 saturated heterocycles. The van der Waals surface area contributed by atoms with Crippen molar-refractivity contribution in [1.82, 2.24) is 0 Å². The maximum atomic E-state index is 5.33. The van der Waals surface area contributed by atoms with Crippen molar-refractivity contribution in [3.05, 3.63) is 169 Å². The summed E-state index contributed by atoms with van der Waals surface area (Å²) in [6.45, 7) is 18.1. The van der Waals surface area contributed by atoms with Gasteiger partial charge in [-0.25, -0.2) is 0 Å². The van der Waals surface area contributed by atoms with Crippen LogP contribution in [0.4, 0.5) is 11.4 Å². The van der Waals surface area contributed by atoms with E-state index in [-0.39, 0.29) is 22.2 Å². The highest BCUT2D eigenvalue weighted by atomic mass is 15.3. The predicted octanol–water partition coefficient (Wildman–Crippen LogP) is 13.6. The molecule has 2 heterocycles. The lowest BCUT2D eigenvalue weighted by Crippen LogP contribution is -2.53. The standard InChI is InChI=1S/C54H50N4/c1-51(2)53(5,6)57(41-15-11-9-12-16-41)49(55-51)39-23-19-35(20-24-39)43-31-27-37-30-34-46-44(32-28-38-29-33-45(43)47(37)48(38)46)36-21-25-40(26-22-36)50-56-52(3,4)54(7,8)58(50)42-17-13-10-14-18-42/h9-34H,1-8H3. The zero-order chi connectivity index (χ0) is 40.2. The maximum absolute atomic E-state index is 5.33. The summed E-state index contributed by atoms with van der Waals surface area (Å²) in [6.07, 6.45) is 0. The summed E-state index contributed by atoms with van der Waals surface area (Å²) in [5, 5.41) is 7.69. The van der Waals surface area contributed by atoms with E-state index in [0.29, 0.717) is 0 Å². The van der Waals surface area contributed by atoms with Gasteiger partial charge in [0.1, 0.15) is 11.7 Å². The van der Waals surface area contributed by atoms with E-state index in [0.717, 1.165) is 34.2 Å². The average molecular weight is 755 g/mol. The first-order valence-corrected chi connectivity index (χ1v) is 20.6. The Balaban J connectivity index is 1.03. The highest BCUT2D eigenvalue weighted by Gasteiger charge is 2.50. The Labute approximate surface area is 342 Å². The molecule has 0 aromatic heterocycles. The third kappa shape index (κ3) is 5.27. The van der Waals surface area contributed by atoms with Gasteiger partial charge in [0.15, 0.2) is 0 Å². The molecule has 2 aliphatic rings. The third-order valence-corrected chi connectivity index (χ3v) is 13.9. The van der Waals surface area contributed by atoms with Crippen LogP contribution in [0.15, 0.2) is 168 Å². The first kappa shape index (κ1) is 36.1. The Morgan fingerprint density at radius 2 is 0.672 bits per heavy atom. The zero-order valence-corrected chi connectivity index (χ0v) is 34.8. The number of aliphatic imine (C=N–C) groups is 2. The van der Waals surface area contributed by atoms with Crippen molar-refractivity contribution in [3.8, 4) is 22.3 Å². The number of para-hydroxylation sites is 2. The molecule has 4 heteroatoms. The van der Waals surface area contributed by atoms with E-state index in [4.69, 9.17) is 9.98 Å². The summed E-state index contributed by atoms with van der Waals surface area (Å²) < 4.78 is 0. The summed E-state index contributed by atoms with van der Waals surface area (Å²) >= 11 is 0. The Bertz CT molecular complexity index is 2710. The lowest BCUT2D eigenvalue weighted by Gasteiger charge is -2.41. The van der Waals surface area contributed by atoms with Crippen LogP contribution < -0.4 is 9.80 Å². The average Bonchev–Trinajstić information content (AvgIpc) is 3.55. The normalized spacial score (nSPS) is 18.0. The SMILES string of the molecule is CC1(C)N=C(c2ccc(-c3ccc4ccc5c(-c6ccc(C7=NC(C)(C)C(C)(C)N7c7ccccc7)cc6)ccc6ccc3c4c65)cc2)N(c2ccccc2)C1(C)C. The highest BCUT2D eigenvalue weighted by molar-refractivity contribution is 6.27. The second-order valence-electron chi connectivity index (χ2n) is 18.3. The molecule has 4 nitrogen and oxygen atoms in total. The van der Waals surface area contributed by atoms with E-state index in [1.165, 1.54) is 54.6 Å². The van der Waals surface area contributed by atoms with Crippen LogP contribution in [-0.4, -0.2) is 33.8 Å². The van der Waals surface area contributed by atoms with E-state index < -0.39 is 0 Å². The molecule has 286 valence electrons. The Morgan fingerprint density at radius 1 is 0.345 bits per heavy atom. The molecular formula is C54H50N4. The first-order chi connectivity index (χ1) is 27.8. The van der Waals surface area contributed by atoms with Crippen molar-refractivity contribution < 1.29 is 0 Å². The van der Waals surface area contributed by atoms with Gasteiger partial charge in [0.05, 0.1) is 22.2 Å². The summed E-state index contributed by atoms with van der Waals surface area (Å²) in [5.41, 5.74) is 8.54. The molecule has 0 unspecified atom stereocenters. The van der Waals surface area contributed by atoms with Gasteiger partial charge in [-0.1, -0.05) is 133 Å². The molecule has 2 aliphatic heterocycles. The van der Waals surface area contributed by atoms with Gasteiger partial charge in [0, 0.05) is 22.5 Å². The molecule has 0 saturated carbocycles. The van der Waals surface area contributed by atoms with Crippen molar-refractivity contribution in [2.75, 3.05) is 9.80 Å². The minimum Gasteiger partial charge on any atom is -0.318 e. The zero-order valence-electron chi connectivity index (χ0n) is 34.8. The van der Waals surface area contributed by atoms with Crippen LogP contribution in [0.3, 0.4) is 0 Å². The fourth-order valence-corrected chi connectivity index (χ4v) is 9.31. The molecule has 8 aromatic rings. The van der Waals surface area contributed by atoms with Crippen LogP contribution in [0.1, 0.15) is 66.5 Å². The number of rotatable bonds is 6. The van der Waals surface area contributed by atoms with Gasteiger partial charge in [-0.3, -0.25) is 9.98 Å². The third-order valence-electron chi connectivity index (χ3n) is 13.9. The minimum atomic E-state index is -0.257. The molecular weight excluding hydrogens is 705 g/mol. The van der Waals surface area contributed by atoms with Crippen LogP contribution in [0.5, 0.6) is 0 Å². The van der Waals surface area contributed by atoms with Crippen molar-refractivity contribution in [2.24, 2.45) is 9.98 Å². The fraction of sp³-hybridized carbons (Fsp3) is 0.222. The minimum absolute atomic E-state index is 0.196. The quantitative estimate of drug-likeness (QED) is 0.158. The number of anilines is 2. The molecule has 0 bridgehead atoms. The second kappa shape index (κ2) is 12.6. The fourth-order valence-electron chi connectivity index (χ4n) is 9.31. The topological polar surface area (TPSA) is 31.2 Å². The van der Waals surface area contributed by atoms with Gasteiger partial charge < -0.3 is 9.80 Å². The van der Waals surface area contributed by atoms with Crippen molar-refractivity contribution >= 4 is 55.4 Å². The monoisotopic (exact) mass is 754 g/mol. The van der Waals surface area contributed by atoms with Crippen LogP contribution in [0.25, 0.3) is 54.6 Å². The first-order valence-electron chi connectivity index (χ1n) is 20.6. The second-order valence-corrected chi connectivity index (χ2v) is 18.3. The summed E-state index contributed by atoms with van der Waals surface area (Å²) in [7, 11) is 0. The van der Waals surface area contributed by atoms with Crippen LogP contribution in [0.2, 0.25) is 0 Å². The van der Waals surface area contributed by atoms with E-state index in [1.807, 2.05) is 0 Å². The van der Waals surface area contributed by atoms with Crippen LogP contribution >= 0.6 is 0 Å². The lowest BCUT2D eigenvalue weighted by molar-refractivity contribution is 0.338. The number of nitrogens with zero attached hydrogens (tertiary/aromatic N) is 4. The molecule has 0 atom stereocenters. The van der Waals surface area contributed by atoms with Gasteiger partial charge in [-0.2, -0.15) is 0 Å². The van der Waals surface area contributed by atoms with Gasteiger partial charge in [-0.15, -0.1) is 0 Å². The smallest absolute Gasteiger partial charge is 0.136 e. The molecule has 0 radical (unpaired) electrons. The number of hydrogen-bond donors (Lipinski definition) is 0. The molecule has 0 aliphatic carbocycles. The molecule has 8 aromatic carbocycles. The highest BCUT2D eigenvalue weighted by Crippen LogP contribution is 2.46. The Morgan fingerprint density at radius 3 is 1.03 bits per heavy atom. The van der Waals surface area contributed by atoms with Crippen LogP contribution in [-0.2, 0) is 0 Å². The Hall–Kier alpha value is -6.26. The largest absolute Gasteiger partial charge is 0.318 e. The van der Waals surface area contributed by atoms with E-state index in [9.17, 15) is 0 Å². The maximum Gasteiger partial charge on any atom is 0.136 e. The lowest BCUT2D eigenvalue weighted by atomic mass is 9.83. The summed E-state index contributed by atoms with van der Waals surface area (Å²) in [5.74, 6) is 2.03. The summed E-state index contributed by atoms with van der Waals surface area (Å²) in [6, 6.07) is 57.8. The molecule has 0 spiro atoms. The van der Waals surface area contributed by atoms with Gasteiger partial charge >= 0.3 is 0 Å². The van der Waals surface area contributed by atoms with Crippen molar-refractivity contribution in [3.63, 3.8) is 0 Å². The molecule has 0 fully saturated rings. The van der Waals surface area contributed by atoms with E-state index >= 15 is 0 Å². The number of benzene rings is 8. The van der Waals surface area contributed by atoms with Crippen LogP contribution in [0, 0.1) is 0 Å². The predicted molar refractivity (Wildman–Crippen MR) is 248 cm³/mol. The van der Waals surface area contributed by atoms with Crippen molar-refractivity contribution in [1.29, 1.82) is 0 Å². The number of amidine groups is 2. The molecule has 0 amide bonds. The molecule has 10 rings (SSSR count). The van der Waals surface area contributed by atoms with Crippen molar-refractivity contribution in [2.45, 2.75) is 77.5 Å². The summed E-state index contributed by atoms with van der Waals surface area (Å²) in [4.78, 5) is 15.5. The van der Waals surface area contributed by atoms with E-state index in [2.05, 4.69) is 223 Å². The van der Waals surface area contributed by atoms with Gasteiger partial charge in [0.2, 0.25) is 0 Å². The Kier molecular flexibility index (Phi) is 7.86. The van der Waals surface area contributed by atoms with Gasteiger partial charge in [0.25, 0.3) is 0 Å². The molecule has 0 N–H and O–H groups in total. The van der Waals surface area contributed by atoms with E-state index in [1.54, 1.807) is 0 Å². The van der Waals surface area contributed by atoms with Gasteiger partial charge in [-0.05, 0) is 134 Å². The molecule has 58 heavy (non-hydrogen) atoms.